The van der Waals surface area contributed by atoms with Gasteiger partial charge in [-0.05, 0) is 0 Å². The Morgan fingerprint density at radius 3 is 3.29 bits per heavy atom. The molecule has 2 rings (SSSR count). The third-order valence-corrected chi connectivity index (χ3v) is 2.11. The van der Waals surface area contributed by atoms with Gasteiger partial charge in [0.1, 0.15) is 11.9 Å². The SMILES string of the molecule is Cl.NNC(=O)C1NCCn2ccnc21. The molecule has 0 radical (unpaired) electrons. The maximum atomic E-state index is 11.3. The highest BCUT2D eigenvalue weighted by molar-refractivity contribution is 5.85. The highest BCUT2D eigenvalue weighted by Crippen LogP contribution is 2.14. The van der Waals surface area contributed by atoms with Crippen molar-refractivity contribution in [1.82, 2.24) is 20.3 Å². The zero-order valence-electron chi connectivity index (χ0n) is 7.43. The molecule has 0 aromatic carbocycles. The molecule has 1 atom stereocenters. The normalized spacial score (nSPS) is 19.4. The van der Waals surface area contributed by atoms with E-state index in [-0.39, 0.29) is 18.3 Å². The van der Waals surface area contributed by atoms with E-state index in [1.807, 2.05) is 10.8 Å². The number of nitrogens with one attached hydrogen (secondary N) is 2. The molecular formula is C7H12ClN5O. The lowest BCUT2D eigenvalue weighted by atomic mass is 10.2. The first kappa shape index (κ1) is 11.0. The molecule has 0 spiro atoms. The van der Waals surface area contributed by atoms with Gasteiger partial charge in [-0.25, -0.2) is 10.8 Å². The first-order chi connectivity index (χ1) is 6.33. The lowest BCUT2D eigenvalue weighted by Gasteiger charge is -2.23. The monoisotopic (exact) mass is 217 g/mol. The van der Waals surface area contributed by atoms with Crippen LogP contribution in [0.5, 0.6) is 0 Å². The predicted molar refractivity (Wildman–Crippen MR) is 52.5 cm³/mol. The van der Waals surface area contributed by atoms with Gasteiger partial charge in [0.05, 0.1) is 0 Å². The minimum absolute atomic E-state index is 0. The summed E-state index contributed by atoms with van der Waals surface area (Å²) in [6.07, 6.45) is 3.53. The van der Waals surface area contributed by atoms with Crippen molar-refractivity contribution in [2.24, 2.45) is 5.84 Å². The van der Waals surface area contributed by atoms with Crippen LogP contribution in [0.2, 0.25) is 0 Å². The van der Waals surface area contributed by atoms with Crippen molar-refractivity contribution in [2.75, 3.05) is 6.54 Å². The van der Waals surface area contributed by atoms with Crippen LogP contribution in [-0.4, -0.2) is 22.0 Å². The summed E-state index contributed by atoms with van der Waals surface area (Å²) in [5.41, 5.74) is 2.11. The van der Waals surface area contributed by atoms with Crippen molar-refractivity contribution in [3.05, 3.63) is 18.2 Å². The van der Waals surface area contributed by atoms with Crippen molar-refractivity contribution < 1.29 is 4.79 Å². The summed E-state index contributed by atoms with van der Waals surface area (Å²) in [4.78, 5) is 15.4. The highest BCUT2D eigenvalue weighted by Gasteiger charge is 2.26. The number of fused-ring (bicyclic) bond motifs is 1. The minimum atomic E-state index is -0.422. The fraction of sp³-hybridized carbons (Fsp3) is 0.429. The van der Waals surface area contributed by atoms with E-state index in [2.05, 4.69) is 15.7 Å². The van der Waals surface area contributed by atoms with Crippen LogP contribution >= 0.6 is 12.4 Å². The van der Waals surface area contributed by atoms with Crippen molar-refractivity contribution in [3.63, 3.8) is 0 Å². The smallest absolute Gasteiger partial charge is 0.258 e. The van der Waals surface area contributed by atoms with E-state index in [0.717, 1.165) is 13.1 Å². The Balaban J connectivity index is 0.000000980. The Morgan fingerprint density at radius 2 is 2.57 bits per heavy atom. The summed E-state index contributed by atoms with van der Waals surface area (Å²) in [6, 6.07) is -0.422. The molecule has 2 heterocycles. The topological polar surface area (TPSA) is 85.0 Å². The van der Waals surface area contributed by atoms with Gasteiger partial charge in [-0.15, -0.1) is 12.4 Å². The number of halogens is 1. The van der Waals surface area contributed by atoms with Gasteiger partial charge in [-0.1, -0.05) is 0 Å². The largest absolute Gasteiger partial charge is 0.332 e. The van der Waals surface area contributed by atoms with Crippen LogP contribution in [0.1, 0.15) is 11.9 Å². The Labute approximate surface area is 87.2 Å². The van der Waals surface area contributed by atoms with E-state index in [4.69, 9.17) is 5.84 Å². The summed E-state index contributed by atoms with van der Waals surface area (Å²) < 4.78 is 1.94. The van der Waals surface area contributed by atoms with Gasteiger partial charge in [0.15, 0.2) is 0 Å². The van der Waals surface area contributed by atoms with Crippen molar-refractivity contribution in [2.45, 2.75) is 12.6 Å². The van der Waals surface area contributed by atoms with Crippen LogP contribution in [0, 0.1) is 0 Å². The molecule has 1 aromatic heterocycles. The number of hydrogen-bond acceptors (Lipinski definition) is 4. The molecule has 1 aromatic rings. The molecule has 14 heavy (non-hydrogen) atoms. The lowest BCUT2D eigenvalue weighted by molar-refractivity contribution is -0.123. The molecule has 1 amide bonds. The average Bonchev–Trinajstić information content (AvgIpc) is 2.63. The maximum absolute atomic E-state index is 11.3. The predicted octanol–water partition coefficient (Wildman–Crippen LogP) is -1.06. The molecule has 6 nitrogen and oxygen atoms in total. The van der Waals surface area contributed by atoms with Crippen molar-refractivity contribution >= 4 is 18.3 Å². The van der Waals surface area contributed by atoms with E-state index in [1.54, 1.807) is 6.20 Å². The quantitative estimate of drug-likeness (QED) is 0.318. The second-order valence-electron chi connectivity index (χ2n) is 2.87. The molecule has 0 saturated carbocycles. The van der Waals surface area contributed by atoms with E-state index < -0.39 is 6.04 Å². The Bertz CT molecular complexity index is 326. The molecule has 1 aliphatic rings. The number of hydrogen-bond donors (Lipinski definition) is 3. The standard InChI is InChI=1S/C7H11N5O.ClH/c8-11-7(13)5-6-10-2-4-12(6)3-1-9-5;/h2,4-5,9H,1,3,8H2,(H,11,13);1H. The Hall–Kier alpha value is -1.11. The third kappa shape index (κ3) is 1.72. The summed E-state index contributed by atoms with van der Waals surface area (Å²) >= 11 is 0. The summed E-state index contributed by atoms with van der Waals surface area (Å²) in [6.45, 7) is 1.59. The molecule has 0 aliphatic carbocycles. The minimum Gasteiger partial charge on any atom is -0.332 e. The molecule has 1 aliphatic heterocycles. The van der Waals surface area contributed by atoms with Gasteiger partial charge < -0.3 is 4.57 Å². The number of hydrazine groups is 1. The first-order valence-corrected chi connectivity index (χ1v) is 4.08. The molecule has 1 unspecified atom stereocenters. The zero-order chi connectivity index (χ0) is 9.26. The highest BCUT2D eigenvalue weighted by atomic mass is 35.5. The number of carbonyl (C=O) groups is 1. The number of nitrogens with two attached hydrogens (primary N) is 1. The van der Waals surface area contributed by atoms with Gasteiger partial charge in [0, 0.05) is 25.5 Å². The van der Waals surface area contributed by atoms with Gasteiger partial charge in [0.25, 0.3) is 5.91 Å². The first-order valence-electron chi connectivity index (χ1n) is 4.08. The number of rotatable bonds is 1. The second kappa shape index (κ2) is 4.41. The zero-order valence-corrected chi connectivity index (χ0v) is 8.25. The third-order valence-electron chi connectivity index (χ3n) is 2.11. The summed E-state index contributed by atoms with van der Waals surface area (Å²) in [5, 5.41) is 3.04. The van der Waals surface area contributed by atoms with Gasteiger partial charge in [-0.3, -0.25) is 15.5 Å². The second-order valence-corrected chi connectivity index (χ2v) is 2.87. The fourth-order valence-corrected chi connectivity index (χ4v) is 1.48. The van der Waals surface area contributed by atoms with Crippen LogP contribution < -0.4 is 16.6 Å². The summed E-state index contributed by atoms with van der Waals surface area (Å²) in [7, 11) is 0. The fourth-order valence-electron chi connectivity index (χ4n) is 1.48. The summed E-state index contributed by atoms with van der Waals surface area (Å²) in [5.74, 6) is 5.51. The molecule has 4 N–H and O–H groups in total. The lowest BCUT2D eigenvalue weighted by Crippen LogP contribution is -2.45. The number of amides is 1. The van der Waals surface area contributed by atoms with Crippen molar-refractivity contribution in [3.8, 4) is 0 Å². The van der Waals surface area contributed by atoms with E-state index in [1.165, 1.54) is 0 Å². The van der Waals surface area contributed by atoms with E-state index in [0.29, 0.717) is 5.82 Å². The number of carbonyl (C=O) groups excluding carboxylic acids is 1. The molecule has 0 fully saturated rings. The van der Waals surface area contributed by atoms with Crippen LogP contribution in [0.25, 0.3) is 0 Å². The Kier molecular flexibility index (Phi) is 3.45. The van der Waals surface area contributed by atoms with E-state index in [9.17, 15) is 4.79 Å². The molecule has 0 saturated heterocycles. The van der Waals surface area contributed by atoms with Crippen molar-refractivity contribution in [1.29, 1.82) is 0 Å². The number of nitrogens with zero attached hydrogens (tertiary/aromatic N) is 2. The van der Waals surface area contributed by atoms with Crippen LogP contribution in [0.4, 0.5) is 0 Å². The van der Waals surface area contributed by atoms with Gasteiger partial charge >= 0.3 is 0 Å². The number of imidazole rings is 1. The molecule has 78 valence electrons. The number of aromatic nitrogens is 2. The van der Waals surface area contributed by atoms with E-state index >= 15 is 0 Å². The van der Waals surface area contributed by atoms with Crippen LogP contribution in [-0.2, 0) is 11.3 Å². The molecular weight excluding hydrogens is 206 g/mol. The van der Waals surface area contributed by atoms with Crippen LogP contribution in [0.3, 0.4) is 0 Å². The Morgan fingerprint density at radius 1 is 1.79 bits per heavy atom. The molecule has 7 heteroatoms. The van der Waals surface area contributed by atoms with Crippen LogP contribution in [0.15, 0.2) is 12.4 Å². The van der Waals surface area contributed by atoms with Gasteiger partial charge in [-0.2, -0.15) is 0 Å². The maximum Gasteiger partial charge on any atom is 0.258 e. The van der Waals surface area contributed by atoms with Gasteiger partial charge in [0.2, 0.25) is 0 Å². The molecule has 0 bridgehead atoms. The average molecular weight is 218 g/mol.